The van der Waals surface area contributed by atoms with Crippen molar-refractivity contribution in [1.29, 1.82) is 0 Å². The molecule has 3 aliphatic rings. The third-order valence-electron chi connectivity index (χ3n) is 5.26. The van der Waals surface area contributed by atoms with Crippen molar-refractivity contribution in [2.24, 2.45) is 17.8 Å². The summed E-state index contributed by atoms with van der Waals surface area (Å²) in [6.45, 7) is 3.51. The van der Waals surface area contributed by atoms with Crippen LogP contribution in [0.15, 0.2) is 12.5 Å². The Labute approximate surface area is 103 Å². The van der Waals surface area contributed by atoms with Gasteiger partial charge in [-0.1, -0.05) is 6.42 Å². The summed E-state index contributed by atoms with van der Waals surface area (Å²) in [5.41, 5.74) is 1.46. The van der Waals surface area contributed by atoms with Gasteiger partial charge >= 0.3 is 0 Å². The summed E-state index contributed by atoms with van der Waals surface area (Å²) in [5, 5.41) is 3.36. The van der Waals surface area contributed by atoms with Crippen molar-refractivity contribution in [3.05, 3.63) is 18.2 Å². The van der Waals surface area contributed by atoms with E-state index in [1.54, 1.807) is 0 Å². The first-order valence-electron chi connectivity index (χ1n) is 7.11. The maximum absolute atomic E-state index is 4.36. The molecule has 3 nitrogen and oxygen atoms in total. The van der Waals surface area contributed by atoms with Gasteiger partial charge in [0.15, 0.2) is 0 Å². The van der Waals surface area contributed by atoms with Crippen LogP contribution in [0, 0.1) is 17.8 Å². The molecule has 3 fully saturated rings. The highest BCUT2D eigenvalue weighted by Gasteiger charge is 2.39. The third kappa shape index (κ3) is 1.63. The summed E-state index contributed by atoms with van der Waals surface area (Å²) in [6.07, 6.45) is 10.1. The van der Waals surface area contributed by atoms with Crippen LogP contribution in [-0.2, 0) is 6.54 Å². The Bertz CT molecular complexity index is 407. The molecule has 2 heterocycles. The number of aromatic nitrogens is 2. The summed E-state index contributed by atoms with van der Waals surface area (Å²) >= 11 is 0. The molecule has 3 heteroatoms. The van der Waals surface area contributed by atoms with E-state index >= 15 is 0 Å². The van der Waals surface area contributed by atoms with Crippen molar-refractivity contribution in [1.82, 2.24) is 14.9 Å². The van der Waals surface area contributed by atoms with Gasteiger partial charge in [0.25, 0.3) is 0 Å². The number of nitrogens with one attached hydrogen (secondary N) is 1. The van der Waals surface area contributed by atoms with E-state index in [1.165, 1.54) is 37.9 Å². The molecule has 2 bridgehead atoms. The largest absolute Gasteiger partial charge is 0.334 e. The van der Waals surface area contributed by atoms with Crippen LogP contribution in [0.4, 0.5) is 0 Å². The van der Waals surface area contributed by atoms with E-state index in [9.17, 15) is 0 Å². The molecule has 3 unspecified atom stereocenters. The fourth-order valence-corrected chi connectivity index (χ4v) is 4.17. The summed E-state index contributed by atoms with van der Waals surface area (Å²) in [4.78, 5) is 4.36. The van der Waals surface area contributed by atoms with E-state index in [2.05, 4.69) is 27.4 Å². The summed E-state index contributed by atoms with van der Waals surface area (Å²) < 4.78 is 2.44. The molecule has 1 aromatic rings. The second kappa shape index (κ2) is 3.84. The Hall–Kier alpha value is -0.830. The van der Waals surface area contributed by atoms with Crippen molar-refractivity contribution in [3.63, 3.8) is 0 Å². The predicted octanol–water partition coefficient (Wildman–Crippen LogP) is 2.01. The molecule has 0 spiro atoms. The van der Waals surface area contributed by atoms with Gasteiger partial charge in [-0.3, -0.25) is 0 Å². The van der Waals surface area contributed by atoms with Gasteiger partial charge in [0.05, 0.1) is 6.33 Å². The van der Waals surface area contributed by atoms with E-state index in [0.29, 0.717) is 0 Å². The standard InChI is InChI=1S/C14H21N3/c1-2-11-3-10(1)4-12(11)8-17-9-16-7-14(17)13-5-15-6-13/h7,9-13,15H,1-6,8H2. The number of imidazole rings is 1. The lowest BCUT2D eigenvalue weighted by atomic mass is 9.88. The average Bonchev–Trinajstić information content (AvgIpc) is 2.93. The topological polar surface area (TPSA) is 29.9 Å². The van der Waals surface area contributed by atoms with E-state index in [4.69, 9.17) is 0 Å². The highest BCUT2D eigenvalue weighted by atomic mass is 15.1. The quantitative estimate of drug-likeness (QED) is 0.862. The minimum absolute atomic E-state index is 0.719. The Balaban J connectivity index is 1.50. The van der Waals surface area contributed by atoms with E-state index in [0.717, 1.165) is 36.8 Å². The first kappa shape index (κ1) is 10.1. The fraction of sp³-hybridized carbons (Fsp3) is 0.786. The van der Waals surface area contributed by atoms with Crippen LogP contribution in [-0.4, -0.2) is 22.6 Å². The van der Waals surface area contributed by atoms with E-state index < -0.39 is 0 Å². The van der Waals surface area contributed by atoms with Crippen LogP contribution in [0.5, 0.6) is 0 Å². The highest BCUT2D eigenvalue weighted by molar-refractivity contribution is 5.12. The minimum atomic E-state index is 0.719. The van der Waals surface area contributed by atoms with Crippen LogP contribution in [0.1, 0.15) is 37.3 Å². The second-order valence-electron chi connectivity index (χ2n) is 6.26. The van der Waals surface area contributed by atoms with Gasteiger partial charge in [0, 0.05) is 37.4 Å². The molecule has 0 amide bonds. The smallest absolute Gasteiger partial charge is 0.0948 e. The molecule has 1 N–H and O–H groups in total. The molecular formula is C14H21N3. The molecule has 1 aliphatic heterocycles. The maximum atomic E-state index is 4.36. The van der Waals surface area contributed by atoms with Crippen molar-refractivity contribution in [2.75, 3.05) is 13.1 Å². The zero-order chi connectivity index (χ0) is 11.2. The first-order valence-corrected chi connectivity index (χ1v) is 7.11. The Morgan fingerprint density at radius 1 is 1.29 bits per heavy atom. The Morgan fingerprint density at radius 2 is 2.24 bits per heavy atom. The molecule has 2 saturated carbocycles. The van der Waals surface area contributed by atoms with E-state index in [1.807, 2.05) is 0 Å². The average molecular weight is 231 g/mol. The number of fused-ring (bicyclic) bond motifs is 2. The molecule has 4 rings (SSSR count). The van der Waals surface area contributed by atoms with Crippen LogP contribution < -0.4 is 5.32 Å². The molecule has 92 valence electrons. The molecule has 2 aliphatic carbocycles. The number of nitrogens with zero attached hydrogens (tertiary/aromatic N) is 2. The number of hydrogen-bond acceptors (Lipinski definition) is 2. The zero-order valence-electron chi connectivity index (χ0n) is 10.3. The molecule has 1 aromatic heterocycles. The lowest BCUT2D eigenvalue weighted by Crippen LogP contribution is -2.41. The molecule has 0 aromatic carbocycles. The van der Waals surface area contributed by atoms with Crippen LogP contribution in [0.3, 0.4) is 0 Å². The van der Waals surface area contributed by atoms with Gasteiger partial charge in [-0.25, -0.2) is 4.98 Å². The summed E-state index contributed by atoms with van der Waals surface area (Å²) in [6, 6.07) is 0. The number of rotatable bonds is 3. The van der Waals surface area contributed by atoms with Crippen molar-refractivity contribution >= 4 is 0 Å². The van der Waals surface area contributed by atoms with Crippen molar-refractivity contribution in [2.45, 2.75) is 38.1 Å². The maximum Gasteiger partial charge on any atom is 0.0948 e. The van der Waals surface area contributed by atoms with Crippen LogP contribution in [0.25, 0.3) is 0 Å². The van der Waals surface area contributed by atoms with Gasteiger partial charge in [-0.2, -0.15) is 0 Å². The SMILES string of the molecule is c1ncn(CC2CC3CCC2C3)c1C1CNC1. The van der Waals surface area contributed by atoms with Gasteiger partial charge in [0.2, 0.25) is 0 Å². The molecule has 1 saturated heterocycles. The van der Waals surface area contributed by atoms with Crippen molar-refractivity contribution < 1.29 is 0 Å². The minimum Gasteiger partial charge on any atom is -0.334 e. The lowest BCUT2D eigenvalue weighted by Gasteiger charge is -2.29. The second-order valence-corrected chi connectivity index (χ2v) is 6.26. The predicted molar refractivity (Wildman–Crippen MR) is 66.8 cm³/mol. The van der Waals surface area contributed by atoms with Gasteiger partial charge in [0.1, 0.15) is 0 Å². The van der Waals surface area contributed by atoms with Crippen LogP contribution in [0.2, 0.25) is 0 Å². The Morgan fingerprint density at radius 3 is 2.88 bits per heavy atom. The third-order valence-corrected chi connectivity index (χ3v) is 5.26. The first-order chi connectivity index (χ1) is 8.40. The lowest BCUT2D eigenvalue weighted by molar-refractivity contribution is 0.288. The highest BCUT2D eigenvalue weighted by Crippen LogP contribution is 2.49. The van der Waals surface area contributed by atoms with E-state index in [-0.39, 0.29) is 0 Å². The zero-order valence-corrected chi connectivity index (χ0v) is 10.3. The summed E-state index contributed by atoms with van der Waals surface area (Å²) in [5.74, 6) is 3.74. The van der Waals surface area contributed by atoms with Crippen LogP contribution >= 0.6 is 0 Å². The molecule has 17 heavy (non-hydrogen) atoms. The monoisotopic (exact) mass is 231 g/mol. The molecule has 0 radical (unpaired) electrons. The normalized spacial score (nSPS) is 36.4. The number of hydrogen-bond donors (Lipinski definition) is 1. The van der Waals surface area contributed by atoms with Gasteiger partial charge in [-0.05, 0) is 37.0 Å². The fourth-order valence-electron chi connectivity index (χ4n) is 4.17. The van der Waals surface area contributed by atoms with Crippen molar-refractivity contribution in [3.8, 4) is 0 Å². The van der Waals surface area contributed by atoms with Gasteiger partial charge < -0.3 is 9.88 Å². The Kier molecular flexibility index (Phi) is 2.29. The summed E-state index contributed by atoms with van der Waals surface area (Å²) in [7, 11) is 0. The van der Waals surface area contributed by atoms with Gasteiger partial charge in [-0.15, -0.1) is 0 Å². The molecule has 3 atom stereocenters. The molecular weight excluding hydrogens is 210 g/mol.